The van der Waals surface area contributed by atoms with Gasteiger partial charge in [0.25, 0.3) is 5.91 Å². The van der Waals surface area contributed by atoms with Gasteiger partial charge >= 0.3 is 0 Å². The lowest BCUT2D eigenvalue weighted by Crippen LogP contribution is -2.53. The van der Waals surface area contributed by atoms with E-state index in [1.165, 1.54) is 13.3 Å². The molecule has 3 heterocycles. The van der Waals surface area contributed by atoms with Crippen LogP contribution >= 0.6 is 11.6 Å². The van der Waals surface area contributed by atoms with Gasteiger partial charge in [0.2, 0.25) is 5.95 Å². The van der Waals surface area contributed by atoms with Gasteiger partial charge in [-0.25, -0.2) is 9.97 Å². The summed E-state index contributed by atoms with van der Waals surface area (Å²) in [5, 5.41) is 17.4. The highest BCUT2D eigenvalue weighted by Gasteiger charge is 2.29. The molecule has 1 aliphatic rings. The second-order valence-corrected chi connectivity index (χ2v) is 7.98. The SMILES string of the molecule is COc1cc(C(=O)N2CC(O)C2)ccc1Nc1ncc(Cl)c(-c2ccn(C(C)C)n2)n1. The Hall–Kier alpha value is -3.17. The van der Waals surface area contributed by atoms with E-state index in [-0.39, 0.29) is 11.9 Å². The molecule has 0 aliphatic carbocycles. The van der Waals surface area contributed by atoms with Crippen LogP contribution in [0.2, 0.25) is 5.02 Å². The van der Waals surface area contributed by atoms with Gasteiger partial charge in [-0.05, 0) is 38.1 Å². The third-order valence-corrected chi connectivity index (χ3v) is 5.25. The summed E-state index contributed by atoms with van der Waals surface area (Å²) in [6.07, 6.45) is 2.94. The fourth-order valence-electron chi connectivity index (χ4n) is 3.21. The number of β-amino-alcohol motifs (C(OH)–C–C–N with tert-alkyl or cyclic N) is 1. The largest absolute Gasteiger partial charge is 0.495 e. The molecule has 1 aliphatic heterocycles. The summed E-state index contributed by atoms with van der Waals surface area (Å²) in [6, 6.07) is 7.14. The van der Waals surface area contributed by atoms with Crippen molar-refractivity contribution in [3.8, 4) is 17.1 Å². The lowest BCUT2D eigenvalue weighted by molar-refractivity contribution is 0.00588. The minimum Gasteiger partial charge on any atom is -0.495 e. The summed E-state index contributed by atoms with van der Waals surface area (Å²) >= 11 is 6.31. The van der Waals surface area contributed by atoms with Crippen molar-refractivity contribution < 1.29 is 14.6 Å². The number of anilines is 2. The summed E-state index contributed by atoms with van der Waals surface area (Å²) in [4.78, 5) is 22.8. The van der Waals surface area contributed by atoms with Gasteiger partial charge in [0.05, 0.1) is 30.1 Å². The number of carbonyl (C=O) groups excluding carboxylic acids is 1. The second kappa shape index (κ2) is 8.52. The van der Waals surface area contributed by atoms with E-state index in [0.29, 0.717) is 52.4 Å². The molecule has 0 saturated carbocycles. The molecule has 162 valence electrons. The average Bonchev–Trinajstić information content (AvgIpc) is 3.23. The highest BCUT2D eigenvalue weighted by molar-refractivity contribution is 6.32. The quantitative estimate of drug-likeness (QED) is 0.604. The van der Waals surface area contributed by atoms with Crippen molar-refractivity contribution in [2.24, 2.45) is 0 Å². The third-order valence-electron chi connectivity index (χ3n) is 4.97. The first kappa shape index (κ1) is 21.1. The summed E-state index contributed by atoms with van der Waals surface area (Å²) in [6.45, 7) is 4.76. The van der Waals surface area contributed by atoms with E-state index in [4.69, 9.17) is 16.3 Å². The maximum atomic E-state index is 12.5. The molecular weight excluding hydrogens is 420 g/mol. The Kier molecular flexibility index (Phi) is 5.79. The van der Waals surface area contributed by atoms with Crippen molar-refractivity contribution in [3.63, 3.8) is 0 Å². The minimum atomic E-state index is -0.449. The van der Waals surface area contributed by atoms with Crippen LogP contribution in [0.5, 0.6) is 5.75 Å². The van der Waals surface area contributed by atoms with Crippen LogP contribution in [0.15, 0.2) is 36.7 Å². The molecule has 9 nitrogen and oxygen atoms in total. The molecule has 3 aromatic rings. The van der Waals surface area contributed by atoms with Crippen LogP contribution in [0.3, 0.4) is 0 Å². The number of hydrogen-bond donors (Lipinski definition) is 2. The van der Waals surface area contributed by atoms with Crippen LogP contribution in [0.25, 0.3) is 11.4 Å². The lowest BCUT2D eigenvalue weighted by atomic mass is 10.1. The Labute approximate surface area is 184 Å². The monoisotopic (exact) mass is 442 g/mol. The van der Waals surface area contributed by atoms with Crippen LogP contribution in [0.1, 0.15) is 30.2 Å². The highest BCUT2D eigenvalue weighted by atomic mass is 35.5. The number of ether oxygens (including phenoxy) is 1. The van der Waals surface area contributed by atoms with E-state index in [9.17, 15) is 9.90 Å². The van der Waals surface area contributed by atoms with E-state index in [1.807, 2.05) is 30.8 Å². The van der Waals surface area contributed by atoms with Crippen LogP contribution in [-0.2, 0) is 0 Å². The van der Waals surface area contributed by atoms with E-state index in [1.54, 1.807) is 23.1 Å². The molecule has 2 N–H and O–H groups in total. The predicted molar refractivity (Wildman–Crippen MR) is 117 cm³/mol. The average molecular weight is 443 g/mol. The molecule has 10 heteroatoms. The fraction of sp³-hybridized carbons (Fsp3) is 0.333. The van der Waals surface area contributed by atoms with Crippen LogP contribution in [0, 0.1) is 0 Å². The smallest absolute Gasteiger partial charge is 0.254 e. The van der Waals surface area contributed by atoms with E-state index in [2.05, 4.69) is 20.4 Å². The number of halogens is 1. The Balaban J connectivity index is 1.58. The molecule has 1 amide bonds. The van der Waals surface area contributed by atoms with Crippen LogP contribution < -0.4 is 10.1 Å². The first-order valence-electron chi connectivity index (χ1n) is 9.86. The van der Waals surface area contributed by atoms with Gasteiger partial charge in [-0.2, -0.15) is 5.10 Å². The molecule has 0 radical (unpaired) electrons. The summed E-state index contributed by atoms with van der Waals surface area (Å²) in [5.74, 6) is 0.638. The number of rotatable bonds is 6. The first-order chi connectivity index (χ1) is 14.9. The molecule has 0 spiro atoms. The molecular formula is C21H23ClN6O3. The molecule has 0 bridgehead atoms. The van der Waals surface area contributed by atoms with Gasteiger partial charge in [-0.15, -0.1) is 0 Å². The Morgan fingerprint density at radius 2 is 2.10 bits per heavy atom. The number of aromatic nitrogens is 4. The number of aliphatic hydroxyl groups is 1. The predicted octanol–water partition coefficient (Wildman–Crippen LogP) is 3.14. The van der Waals surface area contributed by atoms with Crippen molar-refractivity contribution in [2.75, 3.05) is 25.5 Å². The van der Waals surface area contributed by atoms with Crippen molar-refractivity contribution in [1.29, 1.82) is 0 Å². The number of aliphatic hydroxyl groups excluding tert-OH is 1. The van der Waals surface area contributed by atoms with E-state index >= 15 is 0 Å². The number of methoxy groups -OCH3 is 1. The topological polar surface area (TPSA) is 105 Å². The number of nitrogens with zero attached hydrogens (tertiary/aromatic N) is 5. The number of likely N-dealkylation sites (tertiary alicyclic amines) is 1. The number of nitrogens with one attached hydrogen (secondary N) is 1. The number of hydrogen-bond acceptors (Lipinski definition) is 7. The van der Waals surface area contributed by atoms with Gasteiger partial charge in [0.15, 0.2) is 0 Å². The van der Waals surface area contributed by atoms with Crippen LogP contribution in [0.4, 0.5) is 11.6 Å². The molecule has 0 unspecified atom stereocenters. The maximum absolute atomic E-state index is 12.5. The fourth-order valence-corrected chi connectivity index (χ4v) is 3.40. The Morgan fingerprint density at radius 3 is 2.74 bits per heavy atom. The van der Waals surface area contributed by atoms with E-state index in [0.717, 1.165) is 0 Å². The van der Waals surface area contributed by atoms with E-state index < -0.39 is 6.10 Å². The summed E-state index contributed by atoms with van der Waals surface area (Å²) in [7, 11) is 1.52. The molecule has 1 fully saturated rings. The van der Waals surface area contributed by atoms with Gasteiger partial charge in [0.1, 0.15) is 17.1 Å². The highest BCUT2D eigenvalue weighted by Crippen LogP contribution is 2.31. The molecule has 1 saturated heterocycles. The molecule has 1 aromatic carbocycles. The molecule has 31 heavy (non-hydrogen) atoms. The van der Waals surface area contributed by atoms with Crippen molar-refractivity contribution in [1.82, 2.24) is 24.6 Å². The van der Waals surface area contributed by atoms with Crippen molar-refractivity contribution in [3.05, 3.63) is 47.2 Å². The third kappa shape index (κ3) is 4.33. The first-order valence-corrected chi connectivity index (χ1v) is 10.2. The zero-order valence-electron chi connectivity index (χ0n) is 17.4. The summed E-state index contributed by atoms with van der Waals surface area (Å²) < 4.78 is 7.28. The molecule has 0 atom stereocenters. The standard InChI is InChI=1S/C21H23ClN6O3/c1-12(2)28-7-6-17(26-28)19-15(22)9-23-21(25-19)24-16-5-4-13(8-18(16)31-3)20(30)27-10-14(29)11-27/h4-9,12,14,29H,10-11H2,1-3H3,(H,23,24,25). The van der Waals surface area contributed by atoms with Gasteiger partial charge in [-0.3, -0.25) is 9.48 Å². The van der Waals surface area contributed by atoms with Gasteiger partial charge in [-0.1, -0.05) is 11.6 Å². The lowest BCUT2D eigenvalue weighted by Gasteiger charge is -2.35. The Morgan fingerprint density at radius 1 is 1.32 bits per heavy atom. The van der Waals surface area contributed by atoms with Crippen LogP contribution in [-0.4, -0.2) is 62.0 Å². The van der Waals surface area contributed by atoms with Gasteiger partial charge < -0.3 is 20.1 Å². The number of benzene rings is 1. The zero-order chi connectivity index (χ0) is 22.1. The normalized spacial score (nSPS) is 13.9. The maximum Gasteiger partial charge on any atom is 0.254 e. The van der Waals surface area contributed by atoms with Gasteiger partial charge in [0, 0.05) is 30.9 Å². The summed E-state index contributed by atoms with van der Waals surface area (Å²) in [5.41, 5.74) is 2.24. The molecule has 2 aromatic heterocycles. The minimum absolute atomic E-state index is 0.152. The number of carbonyl (C=O) groups is 1. The zero-order valence-corrected chi connectivity index (χ0v) is 18.2. The second-order valence-electron chi connectivity index (χ2n) is 7.57. The van der Waals surface area contributed by atoms with Crippen molar-refractivity contribution >= 4 is 29.1 Å². The Bertz CT molecular complexity index is 1110. The molecule has 4 rings (SSSR count). The van der Waals surface area contributed by atoms with Crippen molar-refractivity contribution in [2.45, 2.75) is 26.0 Å². The number of amides is 1.